The summed E-state index contributed by atoms with van der Waals surface area (Å²) in [4.78, 5) is 32.6. The Morgan fingerprint density at radius 1 is 1.18 bits per heavy atom. The molecule has 1 aliphatic heterocycles. The summed E-state index contributed by atoms with van der Waals surface area (Å²) < 4.78 is 11.6. The zero-order valence-electron chi connectivity index (χ0n) is 23.5. The van der Waals surface area contributed by atoms with Gasteiger partial charge in [0.05, 0.1) is 39.8 Å². The van der Waals surface area contributed by atoms with Crippen LogP contribution in [0.2, 0.25) is 0 Å². The molecular weight excluding hydrogens is 500 g/mol. The smallest absolute Gasteiger partial charge is 0.261 e. The van der Waals surface area contributed by atoms with Crippen LogP contribution in [0.15, 0.2) is 30.6 Å². The number of aromatic nitrogens is 2. The molecule has 8 nitrogen and oxygen atoms in total. The Labute approximate surface area is 230 Å². The van der Waals surface area contributed by atoms with Gasteiger partial charge in [0.2, 0.25) is 0 Å². The second-order valence-electron chi connectivity index (χ2n) is 9.02. The van der Waals surface area contributed by atoms with Crippen molar-refractivity contribution in [1.82, 2.24) is 9.97 Å². The van der Waals surface area contributed by atoms with Gasteiger partial charge in [-0.05, 0) is 49.8 Å². The van der Waals surface area contributed by atoms with Gasteiger partial charge in [-0.15, -0.1) is 11.3 Å². The highest BCUT2D eigenvalue weighted by Crippen LogP contribution is 2.33. The minimum absolute atomic E-state index is 0.185. The van der Waals surface area contributed by atoms with Gasteiger partial charge in [-0.1, -0.05) is 47.0 Å². The summed E-state index contributed by atoms with van der Waals surface area (Å²) in [5, 5.41) is 3.52. The average molecular weight is 543 g/mol. The first-order valence-corrected chi connectivity index (χ1v) is 14.3. The first-order chi connectivity index (χ1) is 18.4. The van der Waals surface area contributed by atoms with Gasteiger partial charge in [0, 0.05) is 19.4 Å². The number of methoxy groups -OCH3 is 1. The van der Waals surface area contributed by atoms with Crippen LogP contribution in [0.1, 0.15) is 85.5 Å². The Kier molecular flexibility index (Phi) is 13.2. The van der Waals surface area contributed by atoms with Crippen LogP contribution in [0.4, 0.5) is 5.69 Å². The van der Waals surface area contributed by atoms with E-state index in [1.54, 1.807) is 12.1 Å². The van der Waals surface area contributed by atoms with E-state index < -0.39 is 11.8 Å². The number of unbranched alkanes of at least 4 members (excludes halogenated alkanes) is 1. The summed E-state index contributed by atoms with van der Waals surface area (Å²) in [5.41, 5.74) is 6.83. The van der Waals surface area contributed by atoms with Crippen molar-refractivity contribution in [1.29, 1.82) is 0 Å². The van der Waals surface area contributed by atoms with Gasteiger partial charge >= 0.3 is 0 Å². The van der Waals surface area contributed by atoms with Crippen molar-refractivity contribution in [2.75, 3.05) is 25.6 Å². The topological polar surface area (TPSA) is 116 Å². The number of carbonyl (C=O) groups is 2. The standard InChI is InChI=1S/C16H14N4O3S.C11H22O.C2H6/c1-8-19-10-3-4-12(23-2)13(14(10)24-8)16(22)20-11-7-18-6-5-9(11)15(17)21;1-3-5-6-11-7-10(4-2)8-12-9-11;1-2/h3-7H,1-2H3,(H2,17,21)(H,20,22);10-11H,3-9H2,1-2H3;1-2H3. The van der Waals surface area contributed by atoms with Crippen LogP contribution in [0.25, 0.3) is 10.2 Å². The largest absolute Gasteiger partial charge is 0.496 e. The molecule has 3 N–H and O–H groups in total. The third-order valence-corrected chi connectivity index (χ3v) is 7.33. The van der Waals surface area contributed by atoms with Crippen molar-refractivity contribution in [3.63, 3.8) is 0 Å². The molecule has 2 amide bonds. The van der Waals surface area contributed by atoms with Crippen molar-refractivity contribution in [3.05, 3.63) is 46.7 Å². The lowest BCUT2D eigenvalue weighted by Gasteiger charge is -2.28. The molecule has 0 saturated carbocycles. The first kappa shape index (κ1) is 31.2. The SMILES string of the molecule is CC.CCCCC1COCC(CC)C1.COc1ccc2nc(C)sc2c1C(=O)Nc1cnccc1C(N)=O. The number of fused-ring (bicyclic) bond motifs is 1. The highest BCUT2D eigenvalue weighted by molar-refractivity contribution is 7.19. The molecule has 1 fully saturated rings. The van der Waals surface area contributed by atoms with Crippen LogP contribution in [0.3, 0.4) is 0 Å². The summed E-state index contributed by atoms with van der Waals surface area (Å²) in [6, 6.07) is 4.94. The average Bonchev–Trinajstić information content (AvgIpc) is 3.33. The van der Waals surface area contributed by atoms with E-state index in [-0.39, 0.29) is 11.3 Å². The van der Waals surface area contributed by atoms with E-state index in [4.69, 9.17) is 15.2 Å². The number of rotatable bonds is 8. The molecule has 3 aromatic rings. The molecule has 1 aromatic carbocycles. The third kappa shape index (κ3) is 8.49. The lowest BCUT2D eigenvalue weighted by Crippen LogP contribution is -2.25. The number of hydrogen-bond donors (Lipinski definition) is 2. The van der Waals surface area contributed by atoms with E-state index in [0.29, 0.717) is 21.5 Å². The number of ether oxygens (including phenoxy) is 2. The molecule has 2 aromatic heterocycles. The summed E-state index contributed by atoms with van der Waals surface area (Å²) in [7, 11) is 1.49. The molecule has 0 aliphatic carbocycles. The lowest BCUT2D eigenvalue weighted by molar-refractivity contribution is 0.0106. The fraction of sp³-hybridized carbons (Fsp3) is 0.517. The number of carbonyl (C=O) groups excluding carboxylic acids is 2. The number of nitrogens with two attached hydrogens (primary N) is 1. The minimum Gasteiger partial charge on any atom is -0.496 e. The molecule has 1 saturated heterocycles. The van der Waals surface area contributed by atoms with E-state index in [9.17, 15) is 9.59 Å². The predicted molar refractivity (Wildman–Crippen MR) is 155 cm³/mol. The Morgan fingerprint density at radius 3 is 2.58 bits per heavy atom. The molecule has 2 atom stereocenters. The Hall–Kier alpha value is -3.04. The molecular formula is C29H42N4O4S. The van der Waals surface area contributed by atoms with Crippen LogP contribution in [-0.2, 0) is 4.74 Å². The van der Waals surface area contributed by atoms with E-state index >= 15 is 0 Å². The molecule has 0 radical (unpaired) electrons. The number of amides is 2. The van der Waals surface area contributed by atoms with Crippen LogP contribution in [-0.4, -0.2) is 42.1 Å². The van der Waals surface area contributed by atoms with Crippen LogP contribution in [0, 0.1) is 18.8 Å². The Bertz CT molecular complexity index is 1180. The van der Waals surface area contributed by atoms with Gasteiger partial charge in [0.1, 0.15) is 11.3 Å². The number of pyridine rings is 1. The summed E-state index contributed by atoms with van der Waals surface area (Å²) in [5.74, 6) is 1.07. The molecule has 4 rings (SSSR count). The number of benzene rings is 1. The number of nitrogens with zero attached hydrogens (tertiary/aromatic N) is 2. The number of anilines is 1. The van der Waals surface area contributed by atoms with Crippen LogP contribution >= 0.6 is 11.3 Å². The summed E-state index contributed by atoms with van der Waals surface area (Å²) in [6.07, 6.45) is 9.61. The number of hydrogen-bond acceptors (Lipinski definition) is 7. The second-order valence-corrected chi connectivity index (χ2v) is 10.2. The molecule has 3 heterocycles. The first-order valence-electron chi connectivity index (χ1n) is 13.4. The maximum atomic E-state index is 12.8. The van der Waals surface area contributed by atoms with Crippen molar-refractivity contribution in [2.24, 2.45) is 17.6 Å². The van der Waals surface area contributed by atoms with Gasteiger partial charge in [-0.2, -0.15) is 0 Å². The van der Waals surface area contributed by atoms with E-state index in [1.807, 2.05) is 20.8 Å². The molecule has 208 valence electrons. The van der Waals surface area contributed by atoms with Gasteiger partial charge in [-0.25, -0.2) is 4.98 Å². The molecule has 2 unspecified atom stereocenters. The quantitative estimate of drug-likeness (QED) is 0.330. The zero-order valence-corrected chi connectivity index (χ0v) is 24.3. The maximum Gasteiger partial charge on any atom is 0.261 e. The third-order valence-electron chi connectivity index (χ3n) is 6.33. The molecule has 0 spiro atoms. The molecule has 38 heavy (non-hydrogen) atoms. The number of primary amides is 1. The summed E-state index contributed by atoms with van der Waals surface area (Å²) in [6.45, 7) is 12.4. The number of aryl methyl sites for hydroxylation is 1. The maximum absolute atomic E-state index is 12.8. The fourth-order valence-electron chi connectivity index (χ4n) is 4.35. The Morgan fingerprint density at radius 2 is 1.92 bits per heavy atom. The van der Waals surface area contributed by atoms with Crippen LogP contribution < -0.4 is 15.8 Å². The second kappa shape index (κ2) is 16.0. The van der Waals surface area contributed by atoms with Crippen molar-refractivity contribution < 1.29 is 19.1 Å². The van der Waals surface area contributed by atoms with E-state index in [2.05, 4.69) is 29.1 Å². The number of nitrogens with one attached hydrogen (secondary N) is 1. The van der Waals surface area contributed by atoms with Crippen molar-refractivity contribution >= 4 is 39.1 Å². The van der Waals surface area contributed by atoms with Crippen molar-refractivity contribution in [3.8, 4) is 5.75 Å². The minimum atomic E-state index is -0.647. The number of thiazole rings is 1. The van der Waals surface area contributed by atoms with E-state index in [0.717, 1.165) is 30.1 Å². The molecule has 0 bridgehead atoms. The highest BCUT2D eigenvalue weighted by atomic mass is 32.1. The van der Waals surface area contributed by atoms with Gasteiger partial charge in [0.15, 0.2) is 0 Å². The van der Waals surface area contributed by atoms with Crippen LogP contribution in [0.5, 0.6) is 5.75 Å². The molecule has 1 aliphatic rings. The predicted octanol–water partition coefficient (Wildman–Crippen LogP) is 6.63. The molecule has 9 heteroatoms. The normalized spacial score (nSPS) is 16.5. The van der Waals surface area contributed by atoms with Gasteiger partial charge in [0.25, 0.3) is 11.8 Å². The van der Waals surface area contributed by atoms with Gasteiger partial charge in [-0.3, -0.25) is 14.6 Å². The van der Waals surface area contributed by atoms with Gasteiger partial charge < -0.3 is 20.5 Å². The Balaban J connectivity index is 0.000000305. The van der Waals surface area contributed by atoms with Crippen molar-refractivity contribution in [2.45, 2.75) is 66.7 Å². The monoisotopic (exact) mass is 542 g/mol. The zero-order chi connectivity index (χ0) is 28.1. The highest BCUT2D eigenvalue weighted by Gasteiger charge is 2.21. The lowest BCUT2D eigenvalue weighted by atomic mass is 9.88. The van der Waals surface area contributed by atoms with E-state index in [1.165, 1.54) is 69.0 Å². The summed E-state index contributed by atoms with van der Waals surface area (Å²) >= 11 is 1.40. The fourth-order valence-corrected chi connectivity index (χ4v) is 5.30.